The van der Waals surface area contributed by atoms with E-state index < -0.39 is 12.7 Å². The lowest BCUT2D eigenvalue weighted by atomic mass is 9.79. The van der Waals surface area contributed by atoms with Crippen molar-refractivity contribution < 1.29 is 47.2 Å². The van der Waals surface area contributed by atoms with Crippen molar-refractivity contribution in [2.75, 3.05) is 67.5 Å². The van der Waals surface area contributed by atoms with Gasteiger partial charge in [0.2, 0.25) is 0 Å². The van der Waals surface area contributed by atoms with Crippen LogP contribution in [0.15, 0.2) is 72.8 Å². The van der Waals surface area contributed by atoms with Gasteiger partial charge in [-0.2, -0.15) is 0 Å². The number of nitrogens with one attached hydrogen (secondary N) is 4. The van der Waals surface area contributed by atoms with E-state index in [1.165, 1.54) is 0 Å². The molecule has 5 saturated heterocycles. The standard InChI is InChI=1S/C23H29N5O4.C16H23BN2O4.C12H18BNO2/c1-14-10-30-9-8-28(14)21-18-13-32-23(2,3)19(18)26-20(27-21)15-4-6-16(7-5-15)24-22(29)25-17-11-31-12-17;1-15(2)16(3,4)23-17(22-15)11-5-7-12(8-6-11)18-14(20)19-13-9-21-10-13;1-11(2)12(3,4)16-13(15-11)9-5-7-10(14)8-6-9/h4-7,14,17H,8-13H2,1-3H3,(H2,24,25,29);5-8,13H,9-10H2,1-4H3,(H2,18,19,20);5-8H,14H2,1-4H3/t14-;;/m0../s1. The fraction of sp³-hybridized carbons (Fsp3) is 0.529. The van der Waals surface area contributed by atoms with E-state index in [0.29, 0.717) is 57.8 Å². The Morgan fingerprint density at radius 2 is 1.07 bits per heavy atom. The van der Waals surface area contributed by atoms with Crippen molar-refractivity contribution in [1.29, 1.82) is 0 Å². The van der Waals surface area contributed by atoms with Crippen molar-refractivity contribution in [2.24, 2.45) is 0 Å². The first-order chi connectivity index (χ1) is 33.5. The van der Waals surface area contributed by atoms with Gasteiger partial charge in [-0.3, -0.25) is 0 Å². The predicted molar refractivity (Wildman–Crippen MR) is 275 cm³/mol. The lowest BCUT2D eigenvalue weighted by molar-refractivity contribution is -0.0100. The van der Waals surface area contributed by atoms with Gasteiger partial charge in [0.15, 0.2) is 5.82 Å². The van der Waals surface area contributed by atoms with Crippen LogP contribution < -0.4 is 42.8 Å². The monoisotopic (exact) mass is 977 g/mol. The van der Waals surface area contributed by atoms with E-state index in [1.54, 1.807) is 0 Å². The van der Waals surface area contributed by atoms with E-state index in [2.05, 4.69) is 33.1 Å². The number of rotatable bonds is 8. The van der Waals surface area contributed by atoms with Crippen molar-refractivity contribution in [3.63, 3.8) is 0 Å². The van der Waals surface area contributed by atoms with Gasteiger partial charge in [-0.1, -0.05) is 24.3 Å². The minimum Gasteiger partial charge on any atom is -0.399 e. The van der Waals surface area contributed by atoms with Gasteiger partial charge >= 0.3 is 26.3 Å². The number of nitrogen functional groups attached to an aromatic ring is 1. The smallest absolute Gasteiger partial charge is 0.399 e. The highest BCUT2D eigenvalue weighted by molar-refractivity contribution is 6.62. The minimum atomic E-state index is -0.470. The maximum absolute atomic E-state index is 12.1. The molecule has 0 saturated carbocycles. The molecule has 20 heteroatoms. The first-order valence-electron chi connectivity index (χ1n) is 24.5. The number of nitrogens with two attached hydrogens (primary N) is 1. The molecule has 0 spiro atoms. The van der Waals surface area contributed by atoms with Gasteiger partial charge in [0, 0.05) is 34.7 Å². The number of fused-ring (bicyclic) bond motifs is 1. The van der Waals surface area contributed by atoms with E-state index in [-0.39, 0.29) is 59.7 Å². The van der Waals surface area contributed by atoms with Crippen molar-refractivity contribution >= 4 is 60.1 Å². The van der Waals surface area contributed by atoms with Crippen LogP contribution in [0.2, 0.25) is 0 Å². The van der Waals surface area contributed by atoms with Crippen LogP contribution >= 0.6 is 0 Å². The molecular weight excluding hydrogens is 906 g/mol. The first kappa shape index (κ1) is 52.0. The fourth-order valence-corrected chi connectivity index (χ4v) is 8.21. The number of carbonyl (C=O) groups is 2. The summed E-state index contributed by atoms with van der Waals surface area (Å²) >= 11 is 0. The number of urea groups is 2. The van der Waals surface area contributed by atoms with Crippen molar-refractivity contribution in [3.05, 3.63) is 84.1 Å². The molecule has 4 aromatic rings. The van der Waals surface area contributed by atoms with Crippen LogP contribution in [0.4, 0.5) is 32.5 Å². The number of benzene rings is 3. The normalized spacial score (nSPS) is 22.4. The summed E-state index contributed by atoms with van der Waals surface area (Å²) < 4.78 is 45.7. The molecule has 7 heterocycles. The molecule has 18 nitrogen and oxygen atoms in total. The number of hydrogen-bond acceptors (Lipinski definition) is 14. The highest BCUT2D eigenvalue weighted by Gasteiger charge is 2.53. The summed E-state index contributed by atoms with van der Waals surface area (Å²) in [7, 11) is -0.694. The summed E-state index contributed by atoms with van der Waals surface area (Å²) in [6.07, 6.45) is 0. The fourth-order valence-electron chi connectivity index (χ4n) is 8.21. The molecule has 10 rings (SSSR count). The largest absolute Gasteiger partial charge is 0.494 e. The van der Waals surface area contributed by atoms with E-state index in [1.807, 2.05) is 142 Å². The molecule has 4 amide bonds. The lowest BCUT2D eigenvalue weighted by Gasteiger charge is -2.35. The minimum absolute atomic E-state index is 0.0839. The topological polar surface area (TPSA) is 211 Å². The summed E-state index contributed by atoms with van der Waals surface area (Å²) in [6.45, 7) is 27.4. The van der Waals surface area contributed by atoms with Crippen LogP contribution in [0.3, 0.4) is 0 Å². The number of aromatic nitrogens is 2. The number of nitrogens with zero attached hydrogens (tertiary/aromatic N) is 3. The van der Waals surface area contributed by atoms with Crippen LogP contribution in [0.5, 0.6) is 0 Å². The van der Waals surface area contributed by atoms with Gasteiger partial charge in [-0.15, -0.1) is 0 Å². The molecule has 6 aliphatic heterocycles. The Kier molecular flexibility index (Phi) is 15.1. The molecule has 380 valence electrons. The van der Waals surface area contributed by atoms with Gasteiger partial charge in [0.1, 0.15) is 11.4 Å². The highest BCUT2D eigenvalue weighted by atomic mass is 16.7. The number of carbonyl (C=O) groups excluding carboxylic acids is 2. The Morgan fingerprint density at radius 1 is 0.620 bits per heavy atom. The van der Waals surface area contributed by atoms with E-state index in [4.69, 9.17) is 53.3 Å². The maximum atomic E-state index is 12.1. The van der Waals surface area contributed by atoms with Crippen LogP contribution in [0.1, 0.15) is 87.4 Å². The van der Waals surface area contributed by atoms with E-state index >= 15 is 0 Å². The second-order valence-electron chi connectivity index (χ2n) is 21.3. The van der Waals surface area contributed by atoms with Crippen LogP contribution in [0, 0.1) is 0 Å². The zero-order valence-electron chi connectivity index (χ0n) is 43.0. The number of amides is 4. The average molecular weight is 977 g/mol. The van der Waals surface area contributed by atoms with Gasteiger partial charge in [0.25, 0.3) is 0 Å². The molecular formula is C51H70B2N8O10. The third kappa shape index (κ3) is 12.0. The Labute approximate surface area is 418 Å². The molecule has 71 heavy (non-hydrogen) atoms. The van der Waals surface area contributed by atoms with Crippen LogP contribution in [0.25, 0.3) is 11.4 Å². The Balaban J connectivity index is 0.000000152. The predicted octanol–water partition coefficient (Wildman–Crippen LogP) is 5.73. The second kappa shape index (κ2) is 20.7. The molecule has 0 aliphatic carbocycles. The van der Waals surface area contributed by atoms with Crippen LogP contribution in [-0.4, -0.2) is 123 Å². The lowest BCUT2D eigenvalue weighted by Crippen LogP contribution is -2.50. The molecule has 3 aromatic carbocycles. The Bertz CT molecular complexity index is 2470. The Hall–Kier alpha value is -5.31. The van der Waals surface area contributed by atoms with Gasteiger partial charge in [0.05, 0.1) is 92.5 Å². The number of ether oxygens (including phenoxy) is 4. The summed E-state index contributed by atoms with van der Waals surface area (Å²) in [5.41, 5.74) is 10.9. The zero-order chi connectivity index (χ0) is 50.9. The molecule has 0 bridgehead atoms. The number of anilines is 4. The SMILES string of the molecule is CC1(C)OB(c2ccc(N)cc2)OC1(C)C.CC1(C)OB(c2ccc(NC(=O)NC3COC3)cc2)OC1(C)C.C[C@H]1COCCN1c1nc(-c2ccc(NC(=O)NC3COC3)cc2)nc2c1COC2(C)C. The summed E-state index contributed by atoms with van der Waals surface area (Å²) in [5, 5.41) is 11.4. The van der Waals surface area contributed by atoms with Gasteiger partial charge in [-0.05, 0) is 136 Å². The average Bonchev–Trinajstić information content (AvgIpc) is 3.81. The summed E-state index contributed by atoms with van der Waals surface area (Å²) in [6, 6.07) is 22.7. The zero-order valence-corrected chi connectivity index (χ0v) is 43.0. The highest BCUT2D eigenvalue weighted by Crippen LogP contribution is 2.41. The molecule has 1 atom stereocenters. The third-order valence-electron chi connectivity index (χ3n) is 14.3. The molecule has 6 N–H and O–H groups in total. The second-order valence-corrected chi connectivity index (χ2v) is 21.3. The number of hydrogen-bond donors (Lipinski definition) is 5. The molecule has 1 aromatic heterocycles. The van der Waals surface area contributed by atoms with Gasteiger partial charge < -0.3 is 69.5 Å². The van der Waals surface area contributed by atoms with Gasteiger partial charge in [-0.25, -0.2) is 19.6 Å². The van der Waals surface area contributed by atoms with Crippen molar-refractivity contribution in [2.45, 2.75) is 129 Å². The quantitative estimate of drug-likeness (QED) is 0.106. The van der Waals surface area contributed by atoms with Crippen molar-refractivity contribution in [1.82, 2.24) is 20.6 Å². The maximum Gasteiger partial charge on any atom is 0.494 e. The molecule has 0 radical (unpaired) electrons. The summed E-state index contributed by atoms with van der Waals surface area (Å²) in [4.78, 5) is 36.0. The van der Waals surface area contributed by atoms with Crippen LogP contribution in [-0.2, 0) is 49.8 Å². The first-order valence-corrected chi connectivity index (χ1v) is 24.5. The molecule has 6 aliphatic rings. The molecule has 0 unspecified atom stereocenters. The molecule has 5 fully saturated rings. The number of morpholine rings is 1. The van der Waals surface area contributed by atoms with E-state index in [0.717, 1.165) is 51.5 Å². The van der Waals surface area contributed by atoms with Crippen molar-refractivity contribution in [3.8, 4) is 11.4 Å². The third-order valence-corrected chi connectivity index (χ3v) is 14.3. The summed E-state index contributed by atoms with van der Waals surface area (Å²) in [5.74, 6) is 1.58. The van der Waals surface area contributed by atoms with E-state index in [9.17, 15) is 9.59 Å². The Morgan fingerprint density at radius 3 is 1.51 bits per heavy atom.